The molecular formula is C9H10O4. The fourth-order valence-electron chi connectivity index (χ4n) is 0.719. The van der Waals surface area contributed by atoms with Crippen LogP contribution in [0.3, 0.4) is 0 Å². The summed E-state index contributed by atoms with van der Waals surface area (Å²) in [5.41, 5.74) is -0.324. The number of cyclic esters (lactones) is 2. The van der Waals surface area contributed by atoms with Gasteiger partial charge in [-0.1, -0.05) is 26.5 Å². The van der Waals surface area contributed by atoms with Gasteiger partial charge in [-0.2, -0.15) is 0 Å². The molecule has 1 aliphatic heterocycles. The molecule has 0 aromatic carbocycles. The van der Waals surface area contributed by atoms with E-state index in [2.05, 4.69) is 11.3 Å². The van der Waals surface area contributed by atoms with Crippen molar-refractivity contribution in [2.24, 2.45) is 0 Å². The summed E-state index contributed by atoms with van der Waals surface area (Å²) in [7, 11) is 0. The highest BCUT2D eigenvalue weighted by Gasteiger charge is 2.30. The first-order chi connectivity index (χ1) is 6.20. The average Bonchev–Trinajstić information content (AvgIpc) is 2.43. The molecule has 0 N–H and O–H groups in total. The van der Waals surface area contributed by atoms with Crippen LogP contribution in [0.1, 0.15) is 13.8 Å². The fourth-order valence-corrected chi connectivity index (χ4v) is 0.719. The highest BCUT2D eigenvalue weighted by Crippen LogP contribution is 2.15. The van der Waals surface area contributed by atoms with Crippen molar-refractivity contribution in [2.75, 3.05) is 0 Å². The minimum Gasteiger partial charge on any atom is -0.386 e. The first-order valence-electron chi connectivity index (χ1n) is 3.79. The molecule has 0 aliphatic carbocycles. The second kappa shape index (κ2) is 5.03. The Labute approximate surface area is 75.9 Å². The van der Waals surface area contributed by atoms with E-state index in [4.69, 9.17) is 0 Å². The summed E-state index contributed by atoms with van der Waals surface area (Å²) in [6.07, 6.45) is 1.40. The molecule has 1 aliphatic rings. The Bertz CT molecular complexity index is 258. The van der Waals surface area contributed by atoms with Gasteiger partial charge in [0, 0.05) is 0 Å². The molecule has 0 amide bonds. The van der Waals surface area contributed by atoms with E-state index < -0.39 is 11.9 Å². The van der Waals surface area contributed by atoms with Crippen LogP contribution < -0.4 is 0 Å². The quantitative estimate of drug-likeness (QED) is 0.274. The number of hydrogen-bond donors (Lipinski definition) is 0. The molecule has 0 unspecified atom stereocenters. The Hall–Kier alpha value is -1.71. The Kier molecular flexibility index (Phi) is 4.37. The summed E-state index contributed by atoms with van der Waals surface area (Å²) in [5, 5.41) is 0. The van der Waals surface area contributed by atoms with Crippen LogP contribution in [-0.4, -0.2) is 18.2 Å². The van der Waals surface area contributed by atoms with Crippen LogP contribution in [0.5, 0.6) is 0 Å². The summed E-state index contributed by atoms with van der Waals surface area (Å²) in [4.78, 5) is 31.4. The molecule has 0 aromatic heterocycles. The van der Waals surface area contributed by atoms with Gasteiger partial charge in [0.05, 0.1) is 5.57 Å². The molecule has 0 fully saturated rings. The van der Waals surface area contributed by atoms with Gasteiger partial charge in [0.25, 0.3) is 0 Å². The lowest BCUT2D eigenvalue weighted by Gasteiger charge is -1.84. The van der Waals surface area contributed by atoms with E-state index >= 15 is 0 Å². The Morgan fingerprint density at radius 3 is 1.92 bits per heavy atom. The summed E-state index contributed by atoms with van der Waals surface area (Å²) in [5.74, 6) is -1.72. The van der Waals surface area contributed by atoms with Crippen LogP contribution in [0.15, 0.2) is 23.8 Å². The Morgan fingerprint density at radius 2 is 1.62 bits per heavy atom. The SMILES string of the molecule is C=CC1=C(C=O)C(=O)OC1=O.CC. The number of hydrogen-bond acceptors (Lipinski definition) is 4. The lowest BCUT2D eigenvalue weighted by molar-refractivity contribution is -0.150. The minimum absolute atomic E-state index is 0.0648. The first-order valence-corrected chi connectivity index (χ1v) is 3.79. The molecule has 4 heteroatoms. The van der Waals surface area contributed by atoms with Crippen LogP contribution in [0, 0.1) is 0 Å². The van der Waals surface area contributed by atoms with Gasteiger partial charge in [-0.25, -0.2) is 9.59 Å². The molecule has 0 aromatic rings. The van der Waals surface area contributed by atoms with Gasteiger partial charge in [-0.05, 0) is 0 Å². The predicted octanol–water partition coefficient (Wildman–Crippen LogP) is 0.777. The molecular weight excluding hydrogens is 172 g/mol. The third-order valence-electron chi connectivity index (χ3n) is 1.24. The van der Waals surface area contributed by atoms with Gasteiger partial charge in [0.1, 0.15) is 5.57 Å². The van der Waals surface area contributed by atoms with Crippen molar-refractivity contribution in [1.82, 2.24) is 0 Å². The molecule has 0 spiro atoms. The van der Waals surface area contributed by atoms with E-state index in [1.165, 1.54) is 0 Å². The normalized spacial score (nSPS) is 14.6. The highest BCUT2D eigenvalue weighted by molar-refractivity contribution is 6.23. The molecule has 4 nitrogen and oxygen atoms in total. The summed E-state index contributed by atoms with van der Waals surface area (Å²) >= 11 is 0. The van der Waals surface area contributed by atoms with Gasteiger partial charge >= 0.3 is 11.9 Å². The van der Waals surface area contributed by atoms with Gasteiger partial charge < -0.3 is 4.74 Å². The standard InChI is InChI=1S/C7H4O4.C2H6/c1-2-4-5(3-8)7(10)11-6(4)9;1-2/h2-3H,1H2;1-2H3. The smallest absolute Gasteiger partial charge is 0.350 e. The molecule has 0 atom stereocenters. The number of esters is 2. The second-order valence-electron chi connectivity index (χ2n) is 1.83. The topological polar surface area (TPSA) is 60.4 Å². The maximum absolute atomic E-state index is 10.7. The van der Waals surface area contributed by atoms with Crippen molar-refractivity contribution in [3.05, 3.63) is 23.8 Å². The summed E-state index contributed by atoms with van der Waals surface area (Å²) < 4.78 is 4.11. The van der Waals surface area contributed by atoms with E-state index in [9.17, 15) is 14.4 Å². The molecule has 1 heterocycles. The molecule has 0 radical (unpaired) electrons. The second-order valence-corrected chi connectivity index (χ2v) is 1.83. The van der Waals surface area contributed by atoms with Crippen molar-refractivity contribution in [3.8, 4) is 0 Å². The Balaban J connectivity index is 0.000000671. The monoisotopic (exact) mass is 182 g/mol. The summed E-state index contributed by atoms with van der Waals surface area (Å²) in [6.45, 7) is 7.26. The van der Waals surface area contributed by atoms with Gasteiger partial charge in [-0.15, -0.1) is 0 Å². The van der Waals surface area contributed by atoms with E-state index in [1.807, 2.05) is 13.8 Å². The van der Waals surface area contributed by atoms with Crippen LogP contribution in [-0.2, 0) is 19.1 Å². The average molecular weight is 182 g/mol. The van der Waals surface area contributed by atoms with Gasteiger partial charge in [-0.3, -0.25) is 4.79 Å². The zero-order valence-electron chi connectivity index (χ0n) is 7.49. The lowest BCUT2D eigenvalue weighted by atomic mass is 10.1. The maximum atomic E-state index is 10.7. The predicted molar refractivity (Wildman–Crippen MR) is 45.7 cm³/mol. The number of rotatable bonds is 2. The van der Waals surface area contributed by atoms with Gasteiger partial charge in [0.15, 0.2) is 6.29 Å². The van der Waals surface area contributed by atoms with E-state index in [-0.39, 0.29) is 17.4 Å². The highest BCUT2D eigenvalue weighted by atomic mass is 16.6. The maximum Gasteiger partial charge on any atom is 0.350 e. The third-order valence-corrected chi connectivity index (χ3v) is 1.24. The fraction of sp³-hybridized carbons (Fsp3) is 0.222. The van der Waals surface area contributed by atoms with Gasteiger partial charge in [0.2, 0.25) is 0 Å². The van der Waals surface area contributed by atoms with Crippen LogP contribution in [0.25, 0.3) is 0 Å². The molecule has 0 saturated carbocycles. The minimum atomic E-state index is -0.903. The van der Waals surface area contributed by atoms with E-state index in [0.29, 0.717) is 0 Å². The molecule has 0 bridgehead atoms. The van der Waals surface area contributed by atoms with Crippen LogP contribution in [0.2, 0.25) is 0 Å². The Morgan fingerprint density at radius 1 is 1.15 bits per heavy atom. The van der Waals surface area contributed by atoms with Crippen molar-refractivity contribution in [2.45, 2.75) is 13.8 Å². The zero-order chi connectivity index (χ0) is 10.4. The lowest BCUT2D eigenvalue weighted by Crippen LogP contribution is -2.02. The van der Waals surface area contributed by atoms with Crippen molar-refractivity contribution in [3.63, 3.8) is 0 Å². The van der Waals surface area contributed by atoms with E-state index in [1.54, 1.807) is 0 Å². The zero-order valence-corrected chi connectivity index (χ0v) is 7.49. The molecule has 70 valence electrons. The number of carbonyl (C=O) groups is 3. The number of aldehydes is 1. The largest absolute Gasteiger partial charge is 0.386 e. The van der Waals surface area contributed by atoms with E-state index in [0.717, 1.165) is 6.08 Å². The molecule has 0 saturated heterocycles. The third kappa shape index (κ3) is 2.11. The van der Waals surface area contributed by atoms with Crippen LogP contribution in [0.4, 0.5) is 0 Å². The summed E-state index contributed by atoms with van der Waals surface area (Å²) in [6, 6.07) is 0. The molecule has 1 rings (SSSR count). The first kappa shape index (κ1) is 11.3. The number of ether oxygens (including phenoxy) is 1. The van der Waals surface area contributed by atoms with Crippen molar-refractivity contribution < 1.29 is 19.1 Å². The number of carbonyl (C=O) groups excluding carboxylic acids is 3. The van der Waals surface area contributed by atoms with Crippen LogP contribution >= 0.6 is 0 Å². The van der Waals surface area contributed by atoms with Crippen molar-refractivity contribution >= 4 is 18.2 Å². The van der Waals surface area contributed by atoms with Crippen molar-refractivity contribution in [1.29, 1.82) is 0 Å². The molecule has 13 heavy (non-hydrogen) atoms.